The molecule has 1 aromatic heterocycles. The lowest BCUT2D eigenvalue weighted by Gasteiger charge is -2.14. The minimum absolute atomic E-state index is 0.0649. The first-order valence-electron chi connectivity index (χ1n) is 6.70. The van der Waals surface area contributed by atoms with E-state index >= 15 is 0 Å². The molecule has 6 heteroatoms. The molecule has 0 aliphatic heterocycles. The van der Waals surface area contributed by atoms with Crippen LogP contribution in [0.3, 0.4) is 0 Å². The molecule has 0 spiro atoms. The number of primary sulfonamides is 1. The fourth-order valence-corrected chi connectivity index (χ4v) is 3.27. The molecule has 3 aromatic rings. The molecular formula is C16H15N3O2S. The molecule has 0 saturated heterocycles. The van der Waals surface area contributed by atoms with Crippen LogP contribution in [0, 0.1) is 6.92 Å². The van der Waals surface area contributed by atoms with Crippen molar-refractivity contribution >= 4 is 10.0 Å². The van der Waals surface area contributed by atoms with Gasteiger partial charge in [-0.1, -0.05) is 30.3 Å². The number of aryl methyl sites for hydroxylation is 1. The number of hydrogen-bond donors (Lipinski definition) is 1. The Morgan fingerprint density at radius 3 is 2.36 bits per heavy atom. The largest absolute Gasteiger partial charge is 0.240 e. The van der Waals surface area contributed by atoms with Gasteiger partial charge in [0.05, 0.1) is 5.69 Å². The van der Waals surface area contributed by atoms with E-state index in [1.165, 1.54) is 4.68 Å². The number of hydrogen-bond acceptors (Lipinski definition) is 3. The molecule has 5 nitrogen and oxygen atoms in total. The lowest BCUT2D eigenvalue weighted by molar-refractivity contribution is 0.596. The monoisotopic (exact) mass is 313 g/mol. The molecule has 1 heterocycles. The molecule has 3 rings (SSSR count). The number of rotatable bonds is 3. The van der Waals surface area contributed by atoms with Gasteiger partial charge >= 0.3 is 0 Å². The van der Waals surface area contributed by atoms with E-state index in [2.05, 4.69) is 5.10 Å². The zero-order valence-corrected chi connectivity index (χ0v) is 12.8. The second-order valence-corrected chi connectivity index (χ2v) is 6.53. The molecule has 0 bridgehead atoms. The maximum absolute atomic E-state index is 12.0. The Balaban J connectivity index is 2.30. The van der Waals surface area contributed by atoms with Crippen molar-refractivity contribution in [2.24, 2.45) is 5.14 Å². The van der Waals surface area contributed by atoms with Crippen LogP contribution in [0.4, 0.5) is 0 Å². The van der Waals surface area contributed by atoms with Crippen LogP contribution >= 0.6 is 0 Å². The van der Waals surface area contributed by atoms with Crippen LogP contribution in [0.25, 0.3) is 16.8 Å². The van der Waals surface area contributed by atoms with Crippen LogP contribution in [-0.2, 0) is 10.0 Å². The Hall–Kier alpha value is -2.44. The van der Waals surface area contributed by atoms with E-state index in [0.29, 0.717) is 5.69 Å². The summed E-state index contributed by atoms with van der Waals surface area (Å²) in [7, 11) is -3.87. The highest BCUT2D eigenvalue weighted by Gasteiger charge is 2.19. The summed E-state index contributed by atoms with van der Waals surface area (Å²) in [5, 5.41) is 9.53. The van der Waals surface area contributed by atoms with Gasteiger partial charge in [-0.2, -0.15) is 5.10 Å². The maximum atomic E-state index is 12.0. The van der Waals surface area contributed by atoms with Gasteiger partial charge < -0.3 is 0 Å². The second-order valence-electron chi connectivity index (χ2n) is 5.00. The van der Waals surface area contributed by atoms with Crippen LogP contribution in [-0.4, -0.2) is 18.2 Å². The molecule has 2 N–H and O–H groups in total. The third kappa shape index (κ3) is 2.66. The van der Waals surface area contributed by atoms with E-state index in [1.807, 2.05) is 43.3 Å². The van der Waals surface area contributed by atoms with E-state index in [1.54, 1.807) is 24.5 Å². The highest BCUT2D eigenvalue weighted by Crippen LogP contribution is 2.29. The molecule has 0 fully saturated rings. The van der Waals surface area contributed by atoms with Gasteiger partial charge in [0.1, 0.15) is 4.90 Å². The summed E-state index contributed by atoms with van der Waals surface area (Å²) >= 11 is 0. The van der Waals surface area contributed by atoms with Crippen LogP contribution in [0.1, 0.15) is 5.56 Å². The number of nitrogens with two attached hydrogens (primary N) is 1. The van der Waals surface area contributed by atoms with Crippen molar-refractivity contribution in [3.8, 4) is 16.8 Å². The van der Waals surface area contributed by atoms with E-state index < -0.39 is 10.0 Å². The van der Waals surface area contributed by atoms with Crippen molar-refractivity contribution in [1.82, 2.24) is 9.78 Å². The summed E-state index contributed by atoms with van der Waals surface area (Å²) in [4.78, 5) is 0.0649. The molecule has 0 aliphatic carbocycles. The Morgan fingerprint density at radius 1 is 1.05 bits per heavy atom. The van der Waals surface area contributed by atoms with E-state index in [9.17, 15) is 8.42 Å². The predicted octanol–water partition coefficient (Wildman–Crippen LogP) is 2.50. The van der Waals surface area contributed by atoms with Crippen molar-refractivity contribution in [1.29, 1.82) is 0 Å². The maximum Gasteiger partial charge on any atom is 0.240 e. The molecule has 0 unspecified atom stereocenters. The molecule has 2 aromatic carbocycles. The molecule has 0 radical (unpaired) electrons. The lowest BCUT2D eigenvalue weighted by atomic mass is 10.0. The van der Waals surface area contributed by atoms with Crippen LogP contribution in [0.2, 0.25) is 0 Å². The number of aromatic nitrogens is 2. The molecule has 0 amide bonds. The van der Waals surface area contributed by atoms with Crippen molar-refractivity contribution in [2.45, 2.75) is 11.8 Å². The van der Waals surface area contributed by atoms with Gasteiger partial charge in [0.15, 0.2) is 0 Å². The molecule has 0 saturated carbocycles. The predicted molar refractivity (Wildman–Crippen MR) is 85.1 cm³/mol. The quantitative estimate of drug-likeness (QED) is 0.807. The first-order chi connectivity index (χ1) is 10.5. The molecular weight excluding hydrogens is 298 g/mol. The Kier molecular flexibility index (Phi) is 3.56. The fourth-order valence-electron chi connectivity index (χ4n) is 2.46. The van der Waals surface area contributed by atoms with Gasteiger partial charge in [0.2, 0.25) is 10.0 Å². The zero-order chi connectivity index (χ0) is 15.7. The Bertz CT molecular complexity index is 902. The Labute approximate surface area is 129 Å². The van der Waals surface area contributed by atoms with Gasteiger partial charge in [0, 0.05) is 12.4 Å². The first kappa shape index (κ1) is 14.5. The smallest absolute Gasteiger partial charge is 0.239 e. The summed E-state index contributed by atoms with van der Waals surface area (Å²) in [5.74, 6) is 0. The molecule has 0 aliphatic rings. The minimum atomic E-state index is -3.87. The topological polar surface area (TPSA) is 78.0 Å². The summed E-state index contributed by atoms with van der Waals surface area (Å²) in [6.07, 6.45) is 3.29. The third-order valence-electron chi connectivity index (χ3n) is 3.41. The van der Waals surface area contributed by atoms with Gasteiger partial charge in [0.25, 0.3) is 0 Å². The number of sulfonamides is 1. The van der Waals surface area contributed by atoms with Crippen LogP contribution in [0.5, 0.6) is 0 Å². The summed E-state index contributed by atoms with van der Waals surface area (Å²) in [6, 6.07) is 14.8. The number of benzene rings is 2. The normalized spacial score (nSPS) is 11.5. The fraction of sp³-hybridized carbons (Fsp3) is 0.0625. The second kappa shape index (κ2) is 5.40. The van der Waals surface area contributed by atoms with E-state index in [-0.39, 0.29) is 4.90 Å². The van der Waals surface area contributed by atoms with Crippen molar-refractivity contribution in [3.05, 3.63) is 66.5 Å². The van der Waals surface area contributed by atoms with Gasteiger partial charge in [-0.15, -0.1) is 0 Å². The highest BCUT2D eigenvalue weighted by atomic mass is 32.2. The lowest BCUT2D eigenvalue weighted by Crippen LogP contribution is -2.16. The third-order valence-corrected chi connectivity index (χ3v) is 4.34. The molecule has 22 heavy (non-hydrogen) atoms. The minimum Gasteiger partial charge on any atom is -0.239 e. The molecule has 0 atom stereocenters. The standard InChI is InChI=1S/C16H15N3O2S/c1-12-10-14(13-6-3-2-4-7-13)11-15(22(17,20)21)16(12)19-9-5-8-18-19/h2-11H,1H3,(H2,17,20,21). The average molecular weight is 313 g/mol. The van der Waals surface area contributed by atoms with Crippen molar-refractivity contribution in [3.63, 3.8) is 0 Å². The van der Waals surface area contributed by atoms with Gasteiger partial charge in [-0.05, 0) is 41.8 Å². The van der Waals surface area contributed by atoms with E-state index in [4.69, 9.17) is 5.14 Å². The summed E-state index contributed by atoms with van der Waals surface area (Å²) in [6.45, 7) is 1.85. The van der Waals surface area contributed by atoms with Crippen molar-refractivity contribution in [2.75, 3.05) is 0 Å². The van der Waals surface area contributed by atoms with Crippen molar-refractivity contribution < 1.29 is 8.42 Å². The van der Waals surface area contributed by atoms with Crippen LogP contribution in [0.15, 0.2) is 65.8 Å². The summed E-state index contributed by atoms with van der Waals surface area (Å²) in [5.41, 5.74) is 3.00. The van der Waals surface area contributed by atoms with Gasteiger partial charge in [-0.25, -0.2) is 18.2 Å². The zero-order valence-electron chi connectivity index (χ0n) is 12.0. The first-order valence-corrected chi connectivity index (χ1v) is 8.24. The number of nitrogens with zero attached hydrogens (tertiary/aromatic N) is 2. The average Bonchev–Trinajstić information content (AvgIpc) is 3.00. The van der Waals surface area contributed by atoms with Gasteiger partial charge in [-0.3, -0.25) is 0 Å². The Morgan fingerprint density at radius 2 is 1.77 bits per heavy atom. The highest BCUT2D eigenvalue weighted by molar-refractivity contribution is 7.89. The van der Waals surface area contributed by atoms with E-state index in [0.717, 1.165) is 16.7 Å². The molecule has 112 valence electrons. The SMILES string of the molecule is Cc1cc(-c2ccccc2)cc(S(N)(=O)=O)c1-n1cccn1. The summed E-state index contributed by atoms with van der Waals surface area (Å²) < 4.78 is 25.6. The van der Waals surface area contributed by atoms with Crippen LogP contribution < -0.4 is 5.14 Å².